The number of hydrogen-bond acceptors (Lipinski definition) is 4. The molecule has 0 aromatic carbocycles. The number of carbonyl (C=O) groups excluding carboxylic acids is 1. The Morgan fingerprint density at radius 3 is 2.61 bits per heavy atom. The topological polar surface area (TPSA) is 58.5 Å². The summed E-state index contributed by atoms with van der Waals surface area (Å²) in [7, 11) is 0. The lowest BCUT2D eigenvalue weighted by molar-refractivity contribution is -0.141. The van der Waals surface area contributed by atoms with Gasteiger partial charge < -0.3 is 0 Å². The third-order valence-electron chi connectivity index (χ3n) is 2.82. The number of hydrazone groups is 1. The second-order valence-electron chi connectivity index (χ2n) is 5.53. The highest BCUT2D eigenvalue weighted by molar-refractivity contribution is 5.84. The summed E-state index contributed by atoms with van der Waals surface area (Å²) in [6.45, 7) is 7.56. The normalized spacial score (nSPS) is 19.3. The first kappa shape index (κ1) is 12.7. The minimum atomic E-state index is -0.446. The van der Waals surface area contributed by atoms with E-state index in [1.807, 2.05) is 27.7 Å². The molecule has 5 nitrogen and oxygen atoms in total. The van der Waals surface area contributed by atoms with Crippen molar-refractivity contribution in [1.29, 1.82) is 0 Å². The van der Waals surface area contributed by atoms with Crippen LogP contribution in [0.1, 0.15) is 44.6 Å². The van der Waals surface area contributed by atoms with E-state index < -0.39 is 5.41 Å². The Morgan fingerprint density at radius 2 is 2.06 bits per heavy atom. The van der Waals surface area contributed by atoms with Crippen molar-refractivity contribution in [3.8, 4) is 0 Å². The van der Waals surface area contributed by atoms with Crippen molar-refractivity contribution in [2.24, 2.45) is 10.5 Å². The minimum absolute atomic E-state index is 0.00336. The second kappa shape index (κ2) is 4.48. The number of aryl methyl sites for hydroxylation is 1. The minimum Gasteiger partial charge on any atom is -0.272 e. The molecule has 1 aromatic heterocycles. The van der Waals surface area contributed by atoms with Gasteiger partial charge in [0.25, 0.3) is 0 Å². The van der Waals surface area contributed by atoms with E-state index in [1.165, 1.54) is 5.01 Å². The molecule has 0 bridgehead atoms. The van der Waals surface area contributed by atoms with Crippen molar-refractivity contribution in [1.82, 2.24) is 15.0 Å². The summed E-state index contributed by atoms with van der Waals surface area (Å²) in [5.74, 6) is 0.00336. The summed E-state index contributed by atoms with van der Waals surface area (Å²) < 4.78 is 0. The van der Waals surface area contributed by atoms with E-state index >= 15 is 0 Å². The summed E-state index contributed by atoms with van der Waals surface area (Å²) in [4.78, 5) is 20.8. The van der Waals surface area contributed by atoms with Crippen LogP contribution in [0.3, 0.4) is 0 Å². The molecular formula is C13H18N4O. The van der Waals surface area contributed by atoms with Crippen LogP contribution in [0.15, 0.2) is 17.5 Å². The second-order valence-corrected chi connectivity index (χ2v) is 5.53. The van der Waals surface area contributed by atoms with Crippen molar-refractivity contribution in [2.45, 2.75) is 40.2 Å². The monoisotopic (exact) mass is 246 g/mol. The summed E-state index contributed by atoms with van der Waals surface area (Å²) >= 11 is 0. The van der Waals surface area contributed by atoms with Crippen LogP contribution in [0, 0.1) is 12.3 Å². The molecule has 0 spiro atoms. The van der Waals surface area contributed by atoms with E-state index in [0.29, 0.717) is 6.42 Å². The highest BCUT2D eigenvalue weighted by Crippen LogP contribution is 2.30. The van der Waals surface area contributed by atoms with Crippen LogP contribution in [0.25, 0.3) is 0 Å². The molecule has 0 saturated heterocycles. The van der Waals surface area contributed by atoms with Crippen LogP contribution in [0.4, 0.5) is 0 Å². The lowest BCUT2D eigenvalue weighted by Crippen LogP contribution is -2.36. The van der Waals surface area contributed by atoms with Gasteiger partial charge in [0.05, 0.1) is 17.6 Å². The predicted octanol–water partition coefficient (Wildman–Crippen LogP) is 2.09. The van der Waals surface area contributed by atoms with Gasteiger partial charge >= 0.3 is 0 Å². The summed E-state index contributed by atoms with van der Waals surface area (Å²) in [5, 5.41) is 5.70. The van der Waals surface area contributed by atoms with Gasteiger partial charge in [-0.1, -0.05) is 20.8 Å². The average molecular weight is 246 g/mol. The Bertz CT molecular complexity index is 473. The standard InChI is InChI=1S/C13H18N4O/c1-9-7-15-10(8-14-9)11-5-6-16-17(11)12(18)13(2,3)4/h6-8,11H,5H2,1-4H3. The lowest BCUT2D eigenvalue weighted by atomic mass is 9.94. The van der Waals surface area contributed by atoms with E-state index in [2.05, 4.69) is 15.1 Å². The van der Waals surface area contributed by atoms with Crippen LogP contribution in [0.2, 0.25) is 0 Å². The van der Waals surface area contributed by atoms with Gasteiger partial charge in [0.1, 0.15) is 6.04 Å². The van der Waals surface area contributed by atoms with Crippen molar-refractivity contribution in [3.05, 3.63) is 23.8 Å². The summed E-state index contributed by atoms with van der Waals surface area (Å²) in [6.07, 6.45) is 5.89. The van der Waals surface area contributed by atoms with E-state index in [-0.39, 0.29) is 11.9 Å². The lowest BCUT2D eigenvalue weighted by Gasteiger charge is -2.27. The number of amides is 1. The molecule has 2 heterocycles. The number of hydrogen-bond donors (Lipinski definition) is 0. The first-order chi connectivity index (χ1) is 8.39. The van der Waals surface area contributed by atoms with Gasteiger partial charge in [-0.15, -0.1) is 0 Å². The maximum Gasteiger partial charge on any atom is 0.248 e. The summed E-state index contributed by atoms with van der Waals surface area (Å²) in [5.41, 5.74) is 1.21. The molecule has 0 fully saturated rings. The Labute approximate surface area is 107 Å². The van der Waals surface area contributed by atoms with Gasteiger partial charge in [-0.2, -0.15) is 5.10 Å². The van der Waals surface area contributed by atoms with Gasteiger partial charge in [-0.3, -0.25) is 14.8 Å². The molecule has 2 rings (SSSR count). The van der Waals surface area contributed by atoms with E-state index in [0.717, 1.165) is 11.4 Å². The maximum absolute atomic E-state index is 12.3. The fourth-order valence-electron chi connectivity index (χ4n) is 1.77. The third kappa shape index (κ3) is 2.39. The molecule has 5 heteroatoms. The molecule has 1 aromatic rings. The van der Waals surface area contributed by atoms with Gasteiger partial charge in [0, 0.05) is 24.2 Å². The quantitative estimate of drug-likeness (QED) is 0.762. The fraction of sp³-hybridized carbons (Fsp3) is 0.538. The number of nitrogens with zero attached hydrogens (tertiary/aromatic N) is 4. The van der Waals surface area contributed by atoms with E-state index in [4.69, 9.17) is 0 Å². The van der Waals surface area contributed by atoms with Gasteiger partial charge in [0.2, 0.25) is 5.91 Å². The maximum atomic E-state index is 12.3. The molecule has 0 radical (unpaired) electrons. The zero-order valence-electron chi connectivity index (χ0n) is 11.2. The molecule has 1 aliphatic heterocycles. The van der Waals surface area contributed by atoms with Crippen molar-refractivity contribution >= 4 is 12.1 Å². The van der Waals surface area contributed by atoms with Crippen LogP contribution in [0.5, 0.6) is 0 Å². The molecule has 1 amide bonds. The largest absolute Gasteiger partial charge is 0.272 e. The summed E-state index contributed by atoms with van der Waals surface area (Å²) in [6, 6.07) is -0.121. The van der Waals surface area contributed by atoms with Crippen molar-refractivity contribution in [2.75, 3.05) is 0 Å². The number of aromatic nitrogens is 2. The first-order valence-corrected chi connectivity index (χ1v) is 6.04. The molecule has 1 atom stereocenters. The van der Waals surface area contributed by atoms with Crippen LogP contribution in [-0.2, 0) is 4.79 Å². The third-order valence-corrected chi connectivity index (χ3v) is 2.82. The van der Waals surface area contributed by atoms with Crippen LogP contribution in [-0.4, -0.2) is 27.1 Å². The number of rotatable bonds is 1. The number of carbonyl (C=O) groups is 1. The average Bonchev–Trinajstić information content (AvgIpc) is 2.76. The van der Waals surface area contributed by atoms with Crippen molar-refractivity contribution < 1.29 is 4.79 Å². The van der Waals surface area contributed by atoms with E-state index in [9.17, 15) is 4.79 Å². The zero-order valence-corrected chi connectivity index (χ0v) is 11.2. The molecule has 96 valence electrons. The predicted molar refractivity (Wildman–Crippen MR) is 68.9 cm³/mol. The van der Waals surface area contributed by atoms with Gasteiger partial charge in [-0.05, 0) is 6.92 Å². The van der Waals surface area contributed by atoms with Crippen molar-refractivity contribution in [3.63, 3.8) is 0 Å². The van der Waals surface area contributed by atoms with Crippen LogP contribution >= 0.6 is 0 Å². The molecule has 18 heavy (non-hydrogen) atoms. The Balaban J connectivity index is 2.24. The van der Waals surface area contributed by atoms with Gasteiger partial charge in [-0.25, -0.2) is 5.01 Å². The van der Waals surface area contributed by atoms with Crippen LogP contribution < -0.4 is 0 Å². The Kier molecular flexibility index (Phi) is 3.15. The molecule has 0 aliphatic carbocycles. The SMILES string of the molecule is Cc1cnc(C2CC=NN2C(=O)C(C)(C)C)cn1. The smallest absolute Gasteiger partial charge is 0.248 e. The molecule has 0 N–H and O–H groups in total. The first-order valence-electron chi connectivity index (χ1n) is 6.04. The zero-order chi connectivity index (χ0) is 13.3. The fourth-order valence-corrected chi connectivity index (χ4v) is 1.77. The molecule has 1 unspecified atom stereocenters. The van der Waals surface area contributed by atoms with E-state index in [1.54, 1.807) is 18.6 Å². The highest BCUT2D eigenvalue weighted by Gasteiger charge is 2.35. The molecular weight excluding hydrogens is 228 g/mol. The highest BCUT2D eigenvalue weighted by atomic mass is 16.2. The van der Waals surface area contributed by atoms with Gasteiger partial charge in [0.15, 0.2) is 0 Å². The molecule has 1 aliphatic rings. The Morgan fingerprint density at radius 1 is 1.33 bits per heavy atom. The Hall–Kier alpha value is -1.78. The molecule has 0 saturated carbocycles.